The van der Waals surface area contributed by atoms with Gasteiger partial charge in [-0.3, -0.25) is 0 Å². The topological polar surface area (TPSA) is 72.1 Å². The van der Waals surface area contributed by atoms with Crippen LogP contribution in [0, 0.1) is 6.92 Å². The lowest BCUT2D eigenvalue weighted by atomic mass is 10.1. The number of hydrogen-bond acceptors (Lipinski definition) is 6. The monoisotopic (exact) mass is 444 g/mol. The zero-order valence-corrected chi connectivity index (χ0v) is 19.2. The summed E-state index contributed by atoms with van der Waals surface area (Å²) in [6.07, 6.45) is 1.98. The number of nitrogens with one attached hydrogen (secondary N) is 2. The van der Waals surface area contributed by atoms with Gasteiger partial charge < -0.3 is 19.8 Å². The summed E-state index contributed by atoms with van der Waals surface area (Å²) in [6, 6.07) is 16.8. The molecule has 1 atom stereocenters. The lowest BCUT2D eigenvalue weighted by Crippen LogP contribution is -2.08. The lowest BCUT2D eigenvalue weighted by molar-refractivity contribution is 0.356. The molecule has 162 valence electrons. The Balaban J connectivity index is 1.49. The number of thiophene rings is 1. The van der Waals surface area contributed by atoms with E-state index in [-0.39, 0.29) is 6.04 Å². The Morgan fingerprint density at radius 3 is 2.59 bits per heavy atom. The van der Waals surface area contributed by atoms with Crippen LogP contribution in [0.1, 0.15) is 23.7 Å². The van der Waals surface area contributed by atoms with Crippen LogP contribution < -0.4 is 14.8 Å². The van der Waals surface area contributed by atoms with Gasteiger partial charge in [-0.15, -0.1) is 11.3 Å². The molecule has 0 amide bonds. The molecule has 2 aromatic carbocycles. The summed E-state index contributed by atoms with van der Waals surface area (Å²) in [6.45, 7) is 4.04. The van der Waals surface area contributed by atoms with E-state index in [1.165, 1.54) is 20.7 Å². The molecule has 3 heterocycles. The quantitative estimate of drug-likeness (QED) is 0.320. The second kappa shape index (κ2) is 8.16. The van der Waals surface area contributed by atoms with Crippen molar-refractivity contribution in [1.29, 1.82) is 0 Å². The predicted octanol–water partition coefficient (Wildman–Crippen LogP) is 6.34. The van der Waals surface area contributed by atoms with E-state index in [2.05, 4.69) is 63.6 Å². The molecule has 0 bridgehead atoms. The molecule has 0 radical (unpaired) electrons. The fourth-order valence-corrected chi connectivity index (χ4v) is 5.04. The van der Waals surface area contributed by atoms with Crippen molar-refractivity contribution in [2.45, 2.75) is 19.9 Å². The molecule has 0 unspecified atom stereocenters. The molecule has 0 aliphatic rings. The van der Waals surface area contributed by atoms with Crippen molar-refractivity contribution >= 4 is 39.0 Å². The van der Waals surface area contributed by atoms with Crippen LogP contribution in [-0.2, 0) is 0 Å². The van der Waals surface area contributed by atoms with Crippen molar-refractivity contribution < 1.29 is 9.47 Å². The summed E-state index contributed by atoms with van der Waals surface area (Å²) in [5.41, 5.74) is 3.21. The van der Waals surface area contributed by atoms with Crippen molar-refractivity contribution in [2.24, 2.45) is 0 Å². The van der Waals surface area contributed by atoms with Gasteiger partial charge in [-0.25, -0.2) is 9.97 Å². The number of hydrogen-bond donors (Lipinski definition) is 2. The highest BCUT2D eigenvalue weighted by Crippen LogP contribution is 2.38. The molecule has 0 aliphatic carbocycles. The number of H-pyrrole nitrogens is 1. The highest BCUT2D eigenvalue weighted by Gasteiger charge is 2.16. The average Bonchev–Trinajstić information content (AvgIpc) is 3.47. The standard InChI is InChI=1S/C25H24N4O2S/c1-14(23-8-9-24(32-23)17-6-5-7-19-16(17)10-11-26-19)27-25-18-12-21(30-3)22(31-4)13-20(18)28-15(2)29-25/h5-14,26H,1-4H3,(H,27,28,29)/t14-/m0/s1. The maximum Gasteiger partial charge on any atom is 0.162 e. The minimum Gasteiger partial charge on any atom is -0.493 e. The maximum atomic E-state index is 5.49. The van der Waals surface area contributed by atoms with Crippen LogP contribution >= 0.6 is 11.3 Å². The molecule has 0 spiro atoms. The Labute approximate surface area is 190 Å². The van der Waals surface area contributed by atoms with Crippen LogP contribution in [0.4, 0.5) is 5.82 Å². The second-order valence-corrected chi connectivity index (χ2v) is 8.77. The summed E-state index contributed by atoms with van der Waals surface area (Å²) in [5, 5.41) is 5.72. The first kappa shape index (κ1) is 20.3. The molecular weight excluding hydrogens is 420 g/mol. The lowest BCUT2D eigenvalue weighted by Gasteiger charge is -2.16. The first-order valence-corrected chi connectivity index (χ1v) is 11.2. The number of aryl methyl sites for hydroxylation is 1. The van der Waals surface area contributed by atoms with E-state index in [0.717, 1.165) is 22.2 Å². The number of ether oxygens (including phenoxy) is 2. The summed E-state index contributed by atoms with van der Waals surface area (Å²) in [4.78, 5) is 15.0. The summed E-state index contributed by atoms with van der Waals surface area (Å²) in [7, 11) is 3.26. The van der Waals surface area contributed by atoms with Gasteiger partial charge in [0.1, 0.15) is 11.6 Å². The van der Waals surface area contributed by atoms with Gasteiger partial charge in [0, 0.05) is 43.9 Å². The van der Waals surface area contributed by atoms with Crippen LogP contribution in [0.5, 0.6) is 11.5 Å². The number of anilines is 1. The number of aromatic amines is 1. The number of methoxy groups -OCH3 is 2. The summed E-state index contributed by atoms with van der Waals surface area (Å²) >= 11 is 1.79. The van der Waals surface area contributed by atoms with Crippen LogP contribution in [0.2, 0.25) is 0 Å². The van der Waals surface area contributed by atoms with E-state index in [1.807, 2.05) is 25.3 Å². The number of aromatic nitrogens is 3. The third kappa shape index (κ3) is 3.54. The van der Waals surface area contributed by atoms with Crippen molar-refractivity contribution in [3.63, 3.8) is 0 Å². The number of rotatable bonds is 6. The zero-order chi connectivity index (χ0) is 22.2. The van der Waals surface area contributed by atoms with Crippen LogP contribution in [0.3, 0.4) is 0 Å². The zero-order valence-electron chi connectivity index (χ0n) is 18.4. The molecule has 0 fully saturated rings. The first-order valence-electron chi connectivity index (χ1n) is 10.4. The Bertz CT molecular complexity index is 1420. The van der Waals surface area contributed by atoms with Crippen LogP contribution in [-0.4, -0.2) is 29.2 Å². The maximum absolute atomic E-state index is 5.49. The van der Waals surface area contributed by atoms with E-state index in [9.17, 15) is 0 Å². The van der Waals surface area contributed by atoms with Crippen molar-refractivity contribution in [3.8, 4) is 21.9 Å². The number of nitrogens with zero attached hydrogens (tertiary/aromatic N) is 2. The molecule has 5 rings (SSSR count). The third-order valence-corrected chi connectivity index (χ3v) is 6.88. The predicted molar refractivity (Wildman–Crippen MR) is 131 cm³/mol. The van der Waals surface area contributed by atoms with Crippen molar-refractivity contribution in [3.05, 3.63) is 65.4 Å². The first-order chi connectivity index (χ1) is 15.6. The van der Waals surface area contributed by atoms with Crippen molar-refractivity contribution in [2.75, 3.05) is 19.5 Å². The minimum atomic E-state index is 0.0739. The van der Waals surface area contributed by atoms with Crippen LogP contribution in [0.15, 0.2) is 54.7 Å². The molecule has 2 N–H and O–H groups in total. The van der Waals surface area contributed by atoms with E-state index >= 15 is 0 Å². The number of fused-ring (bicyclic) bond motifs is 2. The molecule has 7 heteroatoms. The fourth-order valence-electron chi connectivity index (χ4n) is 3.99. The van der Waals surface area contributed by atoms with Gasteiger partial charge in [-0.1, -0.05) is 12.1 Å². The third-order valence-electron chi connectivity index (χ3n) is 5.58. The van der Waals surface area contributed by atoms with Gasteiger partial charge >= 0.3 is 0 Å². The Hall–Kier alpha value is -3.58. The summed E-state index contributed by atoms with van der Waals surface area (Å²) in [5.74, 6) is 2.79. The molecule has 0 saturated carbocycles. The Kier molecular flexibility index (Phi) is 5.19. The number of benzene rings is 2. The van der Waals surface area contributed by atoms with E-state index in [1.54, 1.807) is 25.6 Å². The van der Waals surface area contributed by atoms with E-state index in [4.69, 9.17) is 9.47 Å². The second-order valence-electron chi connectivity index (χ2n) is 7.66. The SMILES string of the molecule is COc1cc2nc(C)nc(N[C@@H](C)c3ccc(-c4cccc5[nH]ccc45)s3)c2cc1OC. The molecule has 0 aliphatic heterocycles. The van der Waals surface area contributed by atoms with Gasteiger partial charge in [0.15, 0.2) is 11.5 Å². The molecule has 5 aromatic rings. The molecule has 6 nitrogen and oxygen atoms in total. The van der Waals surface area contributed by atoms with Gasteiger partial charge in [0.05, 0.1) is 25.8 Å². The summed E-state index contributed by atoms with van der Waals surface area (Å²) < 4.78 is 10.9. The van der Waals surface area contributed by atoms with Crippen LogP contribution in [0.25, 0.3) is 32.2 Å². The van der Waals surface area contributed by atoms with Crippen molar-refractivity contribution in [1.82, 2.24) is 15.0 Å². The van der Waals surface area contributed by atoms with E-state index in [0.29, 0.717) is 17.3 Å². The van der Waals surface area contributed by atoms with Gasteiger partial charge in [0.2, 0.25) is 0 Å². The van der Waals surface area contributed by atoms with Gasteiger partial charge in [0.25, 0.3) is 0 Å². The fraction of sp³-hybridized carbons (Fsp3) is 0.200. The molecule has 3 aromatic heterocycles. The average molecular weight is 445 g/mol. The smallest absolute Gasteiger partial charge is 0.162 e. The minimum absolute atomic E-state index is 0.0739. The Morgan fingerprint density at radius 1 is 0.969 bits per heavy atom. The largest absolute Gasteiger partial charge is 0.493 e. The molecule has 32 heavy (non-hydrogen) atoms. The molecular formula is C25H24N4O2S. The Morgan fingerprint density at radius 2 is 1.78 bits per heavy atom. The molecule has 0 saturated heterocycles. The van der Waals surface area contributed by atoms with Gasteiger partial charge in [-0.2, -0.15) is 0 Å². The normalized spacial score (nSPS) is 12.2. The van der Waals surface area contributed by atoms with Gasteiger partial charge in [-0.05, 0) is 44.2 Å². The highest BCUT2D eigenvalue weighted by molar-refractivity contribution is 7.15. The van der Waals surface area contributed by atoms with E-state index < -0.39 is 0 Å². The highest BCUT2D eigenvalue weighted by atomic mass is 32.1.